The summed E-state index contributed by atoms with van der Waals surface area (Å²) in [4.78, 5) is 12.4. The van der Waals surface area contributed by atoms with Crippen LogP contribution in [0.2, 0.25) is 0 Å². The van der Waals surface area contributed by atoms with Gasteiger partial charge in [0.2, 0.25) is 0 Å². The fraction of sp³-hybridized carbons (Fsp3) is 0.353. The number of nitrogens with zero attached hydrogens (tertiary/aromatic N) is 1. The zero-order valence-corrected chi connectivity index (χ0v) is 13.8. The van der Waals surface area contributed by atoms with Gasteiger partial charge >= 0.3 is 0 Å². The molecule has 6 heteroatoms. The zero-order chi connectivity index (χ0) is 16.6. The average molecular weight is 333 g/mol. The molecule has 1 heterocycles. The number of hydrogen-bond acceptors (Lipinski definition) is 4. The van der Waals surface area contributed by atoms with Gasteiger partial charge in [0.05, 0.1) is 17.0 Å². The molecule has 1 aromatic heterocycles. The highest BCUT2D eigenvalue weighted by Crippen LogP contribution is 2.35. The van der Waals surface area contributed by atoms with E-state index in [1.165, 1.54) is 6.08 Å². The van der Waals surface area contributed by atoms with Gasteiger partial charge in [-0.05, 0) is 31.4 Å². The molecule has 122 valence electrons. The molecule has 1 aliphatic rings. The van der Waals surface area contributed by atoms with Crippen molar-refractivity contribution in [3.05, 3.63) is 48.2 Å². The van der Waals surface area contributed by atoms with Gasteiger partial charge in [-0.3, -0.25) is 4.79 Å². The Labute approximate surface area is 135 Å². The van der Waals surface area contributed by atoms with E-state index in [4.69, 9.17) is 4.18 Å². The molecule has 0 saturated heterocycles. The Morgan fingerprint density at radius 2 is 2.09 bits per heavy atom. The Morgan fingerprint density at radius 1 is 1.35 bits per heavy atom. The molecule has 0 bridgehead atoms. The number of Topliss-reactive ketones (excluding diaryl/α,β-unsaturated/α-hetero) is 1. The van der Waals surface area contributed by atoms with Crippen molar-refractivity contribution in [3.8, 4) is 0 Å². The molecule has 3 rings (SSSR count). The first-order valence-electron chi connectivity index (χ1n) is 7.61. The minimum Gasteiger partial charge on any atom is -0.310 e. The summed E-state index contributed by atoms with van der Waals surface area (Å²) in [5.41, 5.74) is 2.40. The number of rotatable bonds is 5. The van der Waals surface area contributed by atoms with E-state index in [1.807, 2.05) is 24.3 Å². The number of carbonyl (C=O) groups is 1. The van der Waals surface area contributed by atoms with Crippen LogP contribution in [0, 0.1) is 0 Å². The highest BCUT2D eigenvalue weighted by molar-refractivity contribution is 7.86. The highest BCUT2D eigenvalue weighted by Gasteiger charge is 2.29. The van der Waals surface area contributed by atoms with Gasteiger partial charge in [0.25, 0.3) is 10.1 Å². The summed E-state index contributed by atoms with van der Waals surface area (Å²) in [7, 11) is -3.72. The highest BCUT2D eigenvalue weighted by atomic mass is 32.2. The maximum absolute atomic E-state index is 12.4. The van der Waals surface area contributed by atoms with Crippen LogP contribution in [0.15, 0.2) is 36.9 Å². The van der Waals surface area contributed by atoms with Gasteiger partial charge in [-0.25, -0.2) is 4.18 Å². The molecule has 0 fully saturated rings. The first kappa shape index (κ1) is 16.0. The molecule has 2 aromatic rings. The van der Waals surface area contributed by atoms with Crippen LogP contribution in [-0.2, 0) is 20.7 Å². The minimum atomic E-state index is -3.72. The largest absolute Gasteiger partial charge is 0.310 e. The van der Waals surface area contributed by atoms with Crippen LogP contribution in [0.25, 0.3) is 10.9 Å². The van der Waals surface area contributed by atoms with Crippen molar-refractivity contribution in [1.82, 2.24) is 4.57 Å². The van der Waals surface area contributed by atoms with Crippen LogP contribution in [0.5, 0.6) is 0 Å². The third kappa shape index (κ3) is 2.84. The van der Waals surface area contributed by atoms with Gasteiger partial charge in [-0.2, -0.15) is 8.42 Å². The maximum Gasteiger partial charge on any atom is 0.272 e. The summed E-state index contributed by atoms with van der Waals surface area (Å²) < 4.78 is 30.8. The van der Waals surface area contributed by atoms with Crippen molar-refractivity contribution in [2.45, 2.75) is 32.4 Å². The summed E-state index contributed by atoms with van der Waals surface area (Å²) in [6.45, 7) is 5.08. The minimum absolute atomic E-state index is 0.0408. The number of aryl methyl sites for hydroxylation is 1. The SMILES string of the molecule is C=CCS(=O)(=O)OC(C)n1c2c(c3ccccc31)CCCC2=O. The summed E-state index contributed by atoms with van der Waals surface area (Å²) in [6, 6.07) is 7.65. The second-order valence-corrected chi connectivity index (χ2v) is 7.34. The first-order chi connectivity index (χ1) is 10.9. The van der Waals surface area contributed by atoms with Crippen LogP contribution in [-0.4, -0.2) is 24.5 Å². The second-order valence-electron chi connectivity index (χ2n) is 5.70. The molecule has 1 aromatic carbocycles. The third-order valence-corrected chi connectivity index (χ3v) is 5.30. The lowest BCUT2D eigenvalue weighted by Gasteiger charge is -2.20. The number of ketones is 1. The fourth-order valence-corrected chi connectivity index (χ4v) is 4.13. The molecular weight excluding hydrogens is 314 g/mol. The standard InChI is InChI=1S/C17H19NO4S/c1-3-11-23(20,21)22-12(2)18-15-9-5-4-7-13(15)14-8-6-10-16(19)17(14)18/h3-5,7,9,12H,1,6,8,10-11H2,2H3. The van der Waals surface area contributed by atoms with Gasteiger partial charge in [0.15, 0.2) is 5.78 Å². The van der Waals surface area contributed by atoms with Crippen LogP contribution in [0.4, 0.5) is 0 Å². The second kappa shape index (κ2) is 5.94. The Balaban J connectivity index is 2.15. The molecule has 23 heavy (non-hydrogen) atoms. The van der Waals surface area contributed by atoms with Gasteiger partial charge in [0, 0.05) is 11.8 Å². The molecule has 0 saturated carbocycles. The van der Waals surface area contributed by atoms with Crippen molar-refractivity contribution in [2.24, 2.45) is 0 Å². The Morgan fingerprint density at radius 3 is 2.83 bits per heavy atom. The van der Waals surface area contributed by atoms with E-state index in [0.29, 0.717) is 12.1 Å². The van der Waals surface area contributed by atoms with Crippen molar-refractivity contribution >= 4 is 26.8 Å². The van der Waals surface area contributed by atoms with Crippen molar-refractivity contribution < 1.29 is 17.4 Å². The molecule has 0 N–H and O–H groups in total. The predicted octanol–water partition coefficient (Wildman–Crippen LogP) is 3.21. The quantitative estimate of drug-likeness (QED) is 0.622. The number of aromatic nitrogens is 1. The number of para-hydroxylation sites is 1. The zero-order valence-electron chi connectivity index (χ0n) is 13.0. The van der Waals surface area contributed by atoms with Gasteiger partial charge in [-0.1, -0.05) is 24.3 Å². The summed E-state index contributed by atoms with van der Waals surface area (Å²) >= 11 is 0. The van der Waals surface area contributed by atoms with E-state index < -0.39 is 16.3 Å². The molecule has 1 unspecified atom stereocenters. The summed E-state index contributed by atoms with van der Waals surface area (Å²) in [5.74, 6) is -0.217. The van der Waals surface area contributed by atoms with E-state index in [-0.39, 0.29) is 11.5 Å². The lowest BCUT2D eigenvalue weighted by molar-refractivity contribution is 0.0939. The average Bonchev–Trinajstić information content (AvgIpc) is 2.83. The van der Waals surface area contributed by atoms with E-state index >= 15 is 0 Å². The van der Waals surface area contributed by atoms with E-state index in [2.05, 4.69) is 6.58 Å². The van der Waals surface area contributed by atoms with E-state index in [1.54, 1.807) is 11.5 Å². The third-order valence-electron chi connectivity index (χ3n) is 4.08. The molecule has 0 aliphatic heterocycles. The van der Waals surface area contributed by atoms with Crippen molar-refractivity contribution in [2.75, 3.05) is 5.75 Å². The van der Waals surface area contributed by atoms with Gasteiger partial charge < -0.3 is 4.57 Å². The molecule has 5 nitrogen and oxygen atoms in total. The Kier molecular flexibility index (Phi) is 4.12. The number of fused-ring (bicyclic) bond motifs is 3. The fourth-order valence-electron chi connectivity index (χ4n) is 3.25. The summed E-state index contributed by atoms with van der Waals surface area (Å²) in [6.07, 6.45) is 2.63. The van der Waals surface area contributed by atoms with Crippen LogP contribution in [0.1, 0.15) is 42.0 Å². The topological polar surface area (TPSA) is 65.4 Å². The van der Waals surface area contributed by atoms with Gasteiger partial charge in [0.1, 0.15) is 6.23 Å². The van der Waals surface area contributed by atoms with E-state index in [9.17, 15) is 13.2 Å². The molecule has 1 aliphatic carbocycles. The van der Waals surface area contributed by atoms with Crippen LogP contribution < -0.4 is 0 Å². The number of carbonyl (C=O) groups excluding carboxylic acids is 1. The summed E-state index contributed by atoms with van der Waals surface area (Å²) in [5, 5.41) is 0.993. The van der Waals surface area contributed by atoms with Gasteiger partial charge in [-0.15, -0.1) is 6.58 Å². The lowest BCUT2D eigenvalue weighted by Crippen LogP contribution is -2.22. The smallest absolute Gasteiger partial charge is 0.272 e. The number of hydrogen-bond donors (Lipinski definition) is 0. The Bertz CT molecular complexity index is 879. The van der Waals surface area contributed by atoms with Crippen molar-refractivity contribution in [3.63, 3.8) is 0 Å². The van der Waals surface area contributed by atoms with Crippen LogP contribution in [0.3, 0.4) is 0 Å². The molecular formula is C17H19NO4S. The van der Waals surface area contributed by atoms with Crippen molar-refractivity contribution in [1.29, 1.82) is 0 Å². The predicted molar refractivity (Wildman–Crippen MR) is 89.0 cm³/mol. The maximum atomic E-state index is 12.4. The van der Waals surface area contributed by atoms with E-state index in [0.717, 1.165) is 29.3 Å². The molecule has 0 spiro atoms. The lowest BCUT2D eigenvalue weighted by atomic mass is 9.94. The molecule has 0 radical (unpaired) electrons. The molecule has 0 amide bonds. The first-order valence-corrected chi connectivity index (χ1v) is 9.19. The Hall–Kier alpha value is -1.92. The van der Waals surface area contributed by atoms with Crippen LogP contribution >= 0.6 is 0 Å². The monoisotopic (exact) mass is 333 g/mol. The molecule has 1 atom stereocenters. The number of benzene rings is 1. The normalized spacial score (nSPS) is 16.3.